The van der Waals surface area contributed by atoms with E-state index in [0.717, 1.165) is 23.2 Å². The number of fused-ring (bicyclic) bond motifs is 7. The van der Waals surface area contributed by atoms with Gasteiger partial charge in [0.1, 0.15) is 11.1 Å². The molecule has 0 amide bonds. The van der Waals surface area contributed by atoms with Gasteiger partial charge < -0.3 is 48.9 Å². The highest BCUT2D eigenvalue weighted by molar-refractivity contribution is 6.17. The van der Waals surface area contributed by atoms with E-state index in [2.05, 4.69) is 6.92 Å². The number of hydrogen-bond donors (Lipinski definition) is 2. The fourth-order valence-corrected chi connectivity index (χ4v) is 5.70. The molecule has 4 N–H and O–H groups in total. The van der Waals surface area contributed by atoms with Crippen LogP contribution in [0.3, 0.4) is 0 Å². The summed E-state index contributed by atoms with van der Waals surface area (Å²) < 4.78 is 40.2. The van der Waals surface area contributed by atoms with Crippen LogP contribution in [-0.2, 0) is 22.6 Å². The number of carbonyl (C=O) groups is 2. The minimum Gasteiger partial charge on any atom is -0.493 e. The summed E-state index contributed by atoms with van der Waals surface area (Å²) in [6.07, 6.45) is 1.70. The topological polar surface area (TPSA) is 177 Å². The number of nitrogens with two attached hydrogens (primary N) is 2. The third kappa shape index (κ3) is 7.95. The van der Waals surface area contributed by atoms with Gasteiger partial charge in [0.15, 0.2) is 34.5 Å². The molecule has 0 fully saturated rings. The molecule has 0 aliphatic carbocycles. The van der Waals surface area contributed by atoms with Crippen molar-refractivity contribution >= 4 is 34.8 Å². The van der Waals surface area contributed by atoms with Gasteiger partial charge in [0.25, 0.3) is 12.9 Å². The van der Waals surface area contributed by atoms with Crippen LogP contribution in [0.4, 0.5) is 0 Å². The van der Waals surface area contributed by atoms with Gasteiger partial charge in [-0.1, -0.05) is 26.8 Å². The van der Waals surface area contributed by atoms with Gasteiger partial charge in [0.2, 0.25) is 0 Å². The van der Waals surface area contributed by atoms with Crippen molar-refractivity contribution in [2.45, 2.75) is 59.2 Å². The number of aromatic nitrogens is 1. The lowest BCUT2D eigenvalue weighted by Gasteiger charge is -2.23. The molecule has 13 nitrogen and oxygen atoms in total. The van der Waals surface area contributed by atoms with Crippen molar-refractivity contribution in [3.63, 3.8) is 0 Å². The van der Waals surface area contributed by atoms with Crippen LogP contribution in [0.5, 0.6) is 34.5 Å². The molecular weight excluding hydrogens is 658 g/mol. The third-order valence-corrected chi connectivity index (χ3v) is 8.11. The monoisotopic (exact) mass is 703 g/mol. The number of methoxy groups -OCH3 is 4. The Hall–Kier alpha value is -5.53. The first kappa shape index (κ1) is 38.3. The molecule has 5 aromatic rings. The first-order chi connectivity index (χ1) is 24.5. The van der Waals surface area contributed by atoms with Crippen LogP contribution < -0.4 is 45.5 Å². The standard InChI is InChI=1S/C31H25NO10.C4H11N.C3H9N/c1-36-22-10-17(5-6-20(22)40-14-33)27-28-19-12-25(39-4)26(41-15-34)13-21(19)42-31(35)30(28)32-8-7-16-9-23(37-2)24(38-3)11-18(16)29(27)32;1-3-4(2)5;1-3(2)4/h5-6,9-15H,7-8H2,1-4H3;4H,3,5H2,1-2H3;3H,4H2,1-2H3/t;4-;/m.0./s1. The van der Waals surface area contributed by atoms with Crippen molar-refractivity contribution in [3.8, 4) is 56.9 Å². The summed E-state index contributed by atoms with van der Waals surface area (Å²) in [5.41, 5.74) is 14.4. The highest BCUT2D eigenvalue weighted by Gasteiger charge is 2.31. The fraction of sp³-hybridized carbons (Fsp3) is 0.342. The Morgan fingerprint density at radius 3 is 1.92 bits per heavy atom. The van der Waals surface area contributed by atoms with Crippen molar-refractivity contribution in [2.24, 2.45) is 11.5 Å². The van der Waals surface area contributed by atoms with Crippen LogP contribution in [-0.4, -0.2) is 58.0 Å². The van der Waals surface area contributed by atoms with Crippen LogP contribution in [0.2, 0.25) is 0 Å². The maximum Gasteiger partial charge on any atom is 0.361 e. The highest BCUT2D eigenvalue weighted by Crippen LogP contribution is 2.50. The van der Waals surface area contributed by atoms with E-state index in [0.29, 0.717) is 76.2 Å². The molecule has 1 aliphatic heterocycles. The number of hydrogen-bond acceptors (Lipinski definition) is 12. The molecule has 0 spiro atoms. The Balaban J connectivity index is 0.000000580. The lowest BCUT2D eigenvalue weighted by Crippen LogP contribution is -2.15. The Kier molecular flexibility index (Phi) is 12.7. The van der Waals surface area contributed by atoms with Gasteiger partial charge in [0, 0.05) is 40.6 Å². The smallest absolute Gasteiger partial charge is 0.361 e. The zero-order valence-corrected chi connectivity index (χ0v) is 30.2. The first-order valence-electron chi connectivity index (χ1n) is 16.3. The molecule has 3 aromatic carbocycles. The summed E-state index contributed by atoms with van der Waals surface area (Å²) in [7, 11) is 6.07. The van der Waals surface area contributed by atoms with E-state index in [-0.39, 0.29) is 29.3 Å². The molecule has 2 aromatic heterocycles. The molecule has 0 unspecified atom stereocenters. The van der Waals surface area contributed by atoms with E-state index in [4.69, 9.17) is 44.3 Å². The molecule has 51 heavy (non-hydrogen) atoms. The van der Waals surface area contributed by atoms with Gasteiger partial charge in [0.05, 0.1) is 34.1 Å². The average molecular weight is 704 g/mol. The molecular formula is C38H45N3O10. The van der Waals surface area contributed by atoms with Crippen LogP contribution in [0.1, 0.15) is 39.7 Å². The van der Waals surface area contributed by atoms with Gasteiger partial charge in [-0.3, -0.25) is 9.59 Å². The van der Waals surface area contributed by atoms with E-state index >= 15 is 0 Å². The van der Waals surface area contributed by atoms with Crippen molar-refractivity contribution in [1.29, 1.82) is 0 Å². The summed E-state index contributed by atoms with van der Waals surface area (Å²) >= 11 is 0. The van der Waals surface area contributed by atoms with Crippen LogP contribution >= 0.6 is 0 Å². The van der Waals surface area contributed by atoms with Crippen molar-refractivity contribution in [3.05, 3.63) is 58.4 Å². The van der Waals surface area contributed by atoms with Crippen molar-refractivity contribution in [2.75, 3.05) is 28.4 Å². The molecule has 13 heteroatoms. The second-order valence-corrected chi connectivity index (χ2v) is 12.0. The fourth-order valence-electron chi connectivity index (χ4n) is 5.70. The lowest BCUT2D eigenvalue weighted by atomic mass is 9.91. The zero-order valence-electron chi connectivity index (χ0n) is 30.2. The number of ether oxygens (including phenoxy) is 6. The van der Waals surface area contributed by atoms with Gasteiger partial charge in [-0.25, -0.2) is 4.79 Å². The van der Waals surface area contributed by atoms with Gasteiger partial charge in [-0.05, 0) is 67.3 Å². The Morgan fingerprint density at radius 1 is 0.804 bits per heavy atom. The molecule has 3 heterocycles. The minimum absolute atomic E-state index is 0.104. The second-order valence-electron chi connectivity index (χ2n) is 12.0. The summed E-state index contributed by atoms with van der Waals surface area (Å²) in [6, 6.07) is 12.8. The molecule has 0 bridgehead atoms. The average Bonchev–Trinajstić information content (AvgIpc) is 3.47. The Labute approximate surface area is 295 Å². The highest BCUT2D eigenvalue weighted by atomic mass is 16.5. The van der Waals surface area contributed by atoms with E-state index in [1.54, 1.807) is 38.5 Å². The molecule has 0 radical (unpaired) electrons. The summed E-state index contributed by atoms with van der Waals surface area (Å²) in [5, 5.41) is 1.16. The summed E-state index contributed by atoms with van der Waals surface area (Å²) in [6.45, 7) is 9.05. The number of aryl methyl sites for hydroxylation is 2. The van der Waals surface area contributed by atoms with Crippen molar-refractivity contribution in [1.82, 2.24) is 4.57 Å². The first-order valence-corrected chi connectivity index (χ1v) is 16.3. The molecule has 272 valence electrons. The molecule has 0 saturated carbocycles. The van der Waals surface area contributed by atoms with Gasteiger partial charge in [-0.2, -0.15) is 0 Å². The summed E-state index contributed by atoms with van der Waals surface area (Å²) in [4.78, 5) is 35.9. The van der Waals surface area contributed by atoms with Crippen molar-refractivity contribution < 1.29 is 42.4 Å². The number of nitrogens with zero attached hydrogens (tertiary/aromatic N) is 1. The van der Waals surface area contributed by atoms with E-state index < -0.39 is 5.63 Å². The predicted molar refractivity (Wildman–Crippen MR) is 195 cm³/mol. The maximum absolute atomic E-state index is 13.7. The zero-order chi connectivity index (χ0) is 37.4. The summed E-state index contributed by atoms with van der Waals surface area (Å²) in [5.74, 6) is 2.06. The largest absolute Gasteiger partial charge is 0.493 e. The van der Waals surface area contributed by atoms with Crippen LogP contribution in [0.25, 0.3) is 44.3 Å². The number of benzene rings is 3. The molecule has 1 aliphatic rings. The maximum atomic E-state index is 13.7. The van der Waals surface area contributed by atoms with Crippen LogP contribution in [0, 0.1) is 0 Å². The quantitative estimate of drug-likeness (QED) is 0.131. The molecule has 1 atom stereocenters. The number of carbonyl (C=O) groups excluding carboxylic acids is 2. The van der Waals surface area contributed by atoms with Crippen LogP contribution in [0.15, 0.2) is 51.7 Å². The molecule has 6 rings (SSSR count). The normalized spacial score (nSPS) is 12.0. The molecule has 0 saturated heterocycles. The number of rotatable bonds is 10. The van der Waals surface area contributed by atoms with Gasteiger partial charge in [-0.15, -0.1) is 0 Å². The SMILES string of the molecule is CC(C)N.CC[C@H](C)N.COc1cc2c(cc1OC)-c1c(-c3ccc(OC=O)c(OC)c3)c3c4cc(OC)c(OC=O)cc4oc(=O)c3n1CC2. The van der Waals surface area contributed by atoms with E-state index in [9.17, 15) is 14.4 Å². The predicted octanol–water partition coefficient (Wildman–Crippen LogP) is 5.84. The third-order valence-electron chi connectivity index (χ3n) is 8.11. The lowest BCUT2D eigenvalue weighted by molar-refractivity contribution is -0.121. The Morgan fingerprint density at radius 2 is 1.35 bits per heavy atom. The minimum atomic E-state index is -0.566. The Bertz CT molecular complexity index is 2080. The van der Waals surface area contributed by atoms with E-state index in [1.165, 1.54) is 20.3 Å². The van der Waals surface area contributed by atoms with Gasteiger partial charge >= 0.3 is 5.63 Å². The second kappa shape index (κ2) is 16.9. The van der Waals surface area contributed by atoms with E-state index in [1.807, 2.05) is 37.5 Å².